The monoisotopic (exact) mass is 284 g/mol. The van der Waals surface area contributed by atoms with E-state index in [0.29, 0.717) is 6.04 Å². The van der Waals surface area contributed by atoms with E-state index in [1.54, 1.807) is 7.11 Å². The van der Waals surface area contributed by atoms with Crippen molar-refractivity contribution in [3.8, 4) is 0 Å². The van der Waals surface area contributed by atoms with Gasteiger partial charge in [0, 0.05) is 25.2 Å². The van der Waals surface area contributed by atoms with E-state index in [0.717, 1.165) is 31.9 Å². The number of rotatable bonds is 10. The first kappa shape index (κ1) is 16.2. The van der Waals surface area contributed by atoms with Crippen molar-refractivity contribution in [1.29, 1.82) is 0 Å². The molecule has 2 fully saturated rings. The molecule has 0 bridgehead atoms. The van der Waals surface area contributed by atoms with Crippen LogP contribution < -0.4 is 5.32 Å². The lowest BCUT2D eigenvalue weighted by molar-refractivity contribution is 0.135. The molecule has 4 nitrogen and oxygen atoms in total. The molecule has 0 radical (unpaired) electrons. The first-order chi connectivity index (χ1) is 9.71. The second-order valence-electron chi connectivity index (χ2n) is 6.72. The molecule has 2 N–H and O–H groups in total. The van der Waals surface area contributed by atoms with Crippen LogP contribution in [0.1, 0.15) is 45.4 Å². The van der Waals surface area contributed by atoms with Gasteiger partial charge in [-0.15, -0.1) is 0 Å². The molecule has 0 aromatic rings. The predicted molar refractivity (Wildman–Crippen MR) is 81.9 cm³/mol. The Bertz CT molecular complexity index is 278. The Morgan fingerprint density at radius 1 is 1.35 bits per heavy atom. The zero-order valence-electron chi connectivity index (χ0n) is 13.2. The molecule has 1 heterocycles. The molecule has 20 heavy (non-hydrogen) atoms. The van der Waals surface area contributed by atoms with Crippen molar-refractivity contribution < 1.29 is 9.84 Å². The molecule has 118 valence electrons. The van der Waals surface area contributed by atoms with Gasteiger partial charge in [-0.1, -0.05) is 6.92 Å². The highest BCUT2D eigenvalue weighted by molar-refractivity contribution is 4.94. The summed E-state index contributed by atoms with van der Waals surface area (Å²) in [5.41, 5.74) is -0.0349. The number of nitrogens with zero attached hydrogens (tertiary/aromatic N) is 1. The minimum Gasteiger partial charge on any atom is -0.394 e. The van der Waals surface area contributed by atoms with Gasteiger partial charge in [-0.25, -0.2) is 0 Å². The zero-order chi connectivity index (χ0) is 14.4. The van der Waals surface area contributed by atoms with E-state index in [2.05, 4.69) is 17.1 Å². The lowest BCUT2D eigenvalue weighted by Crippen LogP contribution is -2.49. The van der Waals surface area contributed by atoms with Gasteiger partial charge in [0.2, 0.25) is 0 Å². The normalized spacial score (nSPS) is 26.9. The van der Waals surface area contributed by atoms with Gasteiger partial charge >= 0.3 is 0 Å². The second kappa shape index (κ2) is 7.74. The van der Waals surface area contributed by atoms with Gasteiger partial charge in [-0.3, -0.25) is 0 Å². The fourth-order valence-electron chi connectivity index (χ4n) is 3.38. The molecule has 2 atom stereocenters. The molecule has 2 unspecified atom stereocenters. The number of nitrogens with one attached hydrogen (secondary N) is 1. The van der Waals surface area contributed by atoms with Crippen LogP contribution in [0.15, 0.2) is 0 Å². The van der Waals surface area contributed by atoms with E-state index >= 15 is 0 Å². The van der Waals surface area contributed by atoms with Crippen molar-refractivity contribution in [3.05, 3.63) is 0 Å². The van der Waals surface area contributed by atoms with Gasteiger partial charge in [0.05, 0.1) is 13.2 Å². The molecule has 0 aromatic carbocycles. The minimum absolute atomic E-state index is 0.0349. The molecule has 1 saturated heterocycles. The van der Waals surface area contributed by atoms with Crippen molar-refractivity contribution in [2.24, 2.45) is 5.92 Å². The number of hydrogen-bond acceptors (Lipinski definition) is 4. The Labute approximate surface area is 123 Å². The van der Waals surface area contributed by atoms with E-state index < -0.39 is 0 Å². The number of aliphatic hydroxyl groups excluding tert-OH is 1. The molecule has 1 aliphatic heterocycles. The average molecular weight is 284 g/mol. The van der Waals surface area contributed by atoms with E-state index in [-0.39, 0.29) is 12.1 Å². The SMILES string of the molecule is CCC(CO)(CCCN1CCC(COC)C1)NC1CC1. The summed E-state index contributed by atoms with van der Waals surface area (Å²) in [4.78, 5) is 2.55. The summed E-state index contributed by atoms with van der Waals surface area (Å²) in [6.45, 7) is 6.91. The van der Waals surface area contributed by atoms with E-state index in [1.807, 2.05) is 0 Å². The highest BCUT2D eigenvalue weighted by Crippen LogP contribution is 2.27. The Kier molecular flexibility index (Phi) is 6.27. The largest absolute Gasteiger partial charge is 0.394 e. The van der Waals surface area contributed by atoms with Crippen LogP contribution in [0.5, 0.6) is 0 Å². The third-order valence-electron chi connectivity index (χ3n) is 4.97. The van der Waals surface area contributed by atoms with Crippen LogP contribution in [0, 0.1) is 5.92 Å². The maximum absolute atomic E-state index is 9.76. The lowest BCUT2D eigenvalue weighted by atomic mass is 9.91. The van der Waals surface area contributed by atoms with Crippen molar-refractivity contribution in [2.45, 2.75) is 57.0 Å². The molecule has 0 spiro atoms. The first-order valence-corrected chi connectivity index (χ1v) is 8.31. The Morgan fingerprint density at radius 2 is 2.15 bits per heavy atom. The Morgan fingerprint density at radius 3 is 2.75 bits per heavy atom. The molecular weight excluding hydrogens is 252 g/mol. The number of hydrogen-bond donors (Lipinski definition) is 2. The van der Waals surface area contributed by atoms with Crippen LogP contribution in [-0.2, 0) is 4.74 Å². The first-order valence-electron chi connectivity index (χ1n) is 8.31. The highest BCUT2D eigenvalue weighted by atomic mass is 16.5. The number of aliphatic hydroxyl groups is 1. The number of methoxy groups -OCH3 is 1. The molecule has 2 aliphatic rings. The van der Waals surface area contributed by atoms with Crippen molar-refractivity contribution >= 4 is 0 Å². The fraction of sp³-hybridized carbons (Fsp3) is 1.00. The van der Waals surface area contributed by atoms with Gasteiger partial charge in [0.1, 0.15) is 0 Å². The summed E-state index contributed by atoms with van der Waals surface area (Å²) >= 11 is 0. The third kappa shape index (κ3) is 4.69. The average Bonchev–Trinajstić information content (AvgIpc) is 3.16. The maximum Gasteiger partial charge on any atom is 0.0613 e. The van der Waals surface area contributed by atoms with E-state index in [4.69, 9.17) is 4.74 Å². The van der Waals surface area contributed by atoms with Crippen LogP contribution in [-0.4, -0.2) is 61.5 Å². The highest BCUT2D eigenvalue weighted by Gasteiger charge is 2.34. The van der Waals surface area contributed by atoms with Crippen molar-refractivity contribution in [2.75, 3.05) is 40.0 Å². The number of ether oxygens (including phenoxy) is 1. The molecular formula is C16H32N2O2. The summed E-state index contributed by atoms with van der Waals surface area (Å²) in [6, 6.07) is 0.667. The van der Waals surface area contributed by atoms with Crippen LogP contribution >= 0.6 is 0 Å². The molecule has 2 rings (SSSR count). The van der Waals surface area contributed by atoms with Crippen LogP contribution in [0.4, 0.5) is 0 Å². The van der Waals surface area contributed by atoms with Gasteiger partial charge in [0.15, 0.2) is 0 Å². The Hall–Kier alpha value is -0.160. The second-order valence-corrected chi connectivity index (χ2v) is 6.72. The van der Waals surface area contributed by atoms with E-state index in [9.17, 15) is 5.11 Å². The maximum atomic E-state index is 9.76. The van der Waals surface area contributed by atoms with Gasteiger partial charge in [-0.2, -0.15) is 0 Å². The summed E-state index contributed by atoms with van der Waals surface area (Å²) in [5.74, 6) is 0.721. The molecule has 1 aliphatic carbocycles. The van der Waals surface area contributed by atoms with Gasteiger partial charge < -0.3 is 20.1 Å². The minimum atomic E-state index is -0.0349. The lowest BCUT2D eigenvalue weighted by Gasteiger charge is -2.33. The van der Waals surface area contributed by atoms with Gasteiger partial charge in [0.25, 0.3) is 0 Å². The molecule has 4 heteroatoms. The molecule has 0 aromatic heterocycles. The predicted octanol–water partition coefficient (Wildman–Crippen LogP) is 1.63. The summed E-state index contributed by atoms with van der Waals surface area (Å²) in [7, 11) is 1.79. The van der Waals surface area contributed by atoms with Gasteiger partial charge in [-0.05, 0) is 57.5 Å². The standard InChI is InChI=1S/C16H32N2O2/c1-3-16(13-19,17-15-5-6-15)8-4-9-18-10-7-14(11-18)12-20-2/h14-15,17,19H,3-13H2,1-2H3. The molecule has 0 amide bonds. The van der Waals surface area contributed by atoms with Crippen LogP contribution in [0.3, 0.4) is 0 Å². The quantitative estimate of drug-likeness (QED) is 0.640. The summed E-state index contributed by atoms with van der Waals surface area (Å²) in [6.07, 6.45) is 7.12. The topological polar surface area (TPSA) is 44.7 Å². The van der Waals surface area contributed by atoms with Crippen molar-refractivity contribution in [3.63, 3.8) is 0 Å². The number of likely N-dealkylation sites (tertiary alicyclic amines) is 1. The van der Waals surface area contributed by atoms with Crippen LogP contribution in [0.2, 0.25) is 0 Å². The summed E-state index contributed by atoms with van der Waals surface area (Å²) < 4.78 is 5.25. The zero-order valence-corrected chi connectivity index (χ0v) is 13.2. The third-order valence-corrected chi connectivity index (χ3v) is 4.97. The van der Waals surface area contributed by atoms with Crippen LogP contribution in [0.25, 0.3) is 0 Å². The molecule has 1 saturated carbocycles. The summed E-state index contributed by atoms with van der Waals surface area (Å²) in [5, 5.41) is 13.4. The van der Waals surface area contributed by atoms with E-state index in [1.165, 1.54) is 38.8 Å². The van der Waals surface area contributed by atoms with Crippen molar-refractivity contribution in [1.82, 2.24) is 10.2 Å². The smallest absolute Gasteiger partial charge is 0.0613 e. The Balaban J connectivity index is 1.67. The fourth-order valence-corrected chi connectivity index (χ4v) is 3.38.